The average Bonchev–Trinajstić information content (AvgIpc) is 2.66. The number of aryl methyl sites for hydroxylation is 1. The number of anilines is 1. The van der Waals surface area contributed by atoms with Crippen molar-refractivity contribution < 1.29 is 13.2 Å². The lowest BCUT2D eigenvalue weighted by Crippen LogP contribution is -2.37. The highest BCUT2D eigenvalue weighted by Gasteiger charge is 2.25. The number of nitrogens with one attached hydrogen (secondary N) is 1. The van der Waals surface area contributed by atoms with Crippen molar-refractivity contribution in [1.29, 1.82) is 0 Å². The van der Waals surface area contributed by atoms with E-state index < -0.39 is 10.0 Å². The molecule has 2 aromatic carbocycles. The number of rotatable bonds is 6. The van der Waals surface area contributed by atoms with Gasteiger partial charge in [-0.1, -0.05) is 29.8 Å². The van der Waals surface area contributed by atoms with Crippen molar-refractivity contribution in [3.8, 4) is 0 Å². The monoisotopic (exact) mass is 406 g/mol. The third kappa shape index (κ3) is 5.02. The fraction of sp³-hybridized carbons (Fsp3) is 0.350. The van der Waals surface area contributed by atoms with Gasteiger partial charge in [0.2, 0.25) is 10.0 Å². The molecule has 5 nitrogen and oxygen atoms in total. The molecule has 7 heteroatoms. The molecule has 1 aliphatic rings. The maximum absolute atomic E-state index is 12.3. The van der Waals surface area contributed by atoms with Crippen molar-refractivity contribution in [3.05, 3.63) is 64.7 Å². The summed E-state index contributed by atoms with van der Waals surface area (Å²) in [6.45, 7) is 1.04. The van der Waals surface area contributed by atoms with Crippen LogP contribution in [0.4, 0.5) is 5.69 Å². The molecule has 27 heavy (non-hydrogen) atoms. The molecule has 0 aliphatic carbocycles. The number of amides is 1. The van der Waals surface area contributed by atoms with Crippen LogP contribution in [0.15, 0.2) is 48.5 Å². The van der Waals surface area contributed by atoms with E-state index in [1.54, 1.807) is 24.3 Å². The maximum atomic E-state index is 12.3. The fourth-order valence-corrected chi connectivity index (χ4v) is 5.01. The zero-order chi connectivity index (χ0) is 19.3. The van der Waals surface area contributed by atoms with E-state index >= 15 is 0 Å². The fourth-order valence-electron chi connectivity index (χ4n) is 3.14. The highest BCUT2D eigenvalue weighted by atomic mass is 35.5. The summed E-state index contributed by atoms with van der Waals surface area (Å²) in [6.07, 6.45) is 3.14. The Morgan fingerprint density at radius 1 is 1.07 bits per heavy atom. The van der Waals surface area contributed by atoms with Gasteiger partial charge in [0.1, 0.15) is 0 Å². The minimum absolute atomic E-state index is 0.165. The zero-order valence-electron chi connectivity index (χ0n) is 15.0. The molecular weight excluding hydrogens is 384 g/mol. The lowest BCUT2D eigenvalue weighted by atomic mass is 10.1. The second-order valence-electron chi connectivity index (χ2n) is 6.59. The Bertz CT molecular complexity index is 898. The molecule has 1 saturated heterocycles. The summed E-state index contributed by atoms with van der Waals surface area (Å²) in [5.74, 6) is 0.0166. The summed E-state index contributed by atoms with van der Waals surface area (Å²) in [5.41, 5.74) is 2.20. The molecular formula is C20H23ClN2O3S. The first-order chi connectivity index (χ1) is 13.0. The highest BCUT2D eigenvalue weighted by Crippen LogP contribution is 2.23. The number of hydrogen-bond acceptors (Lipinski definition) is 3. The first-order valence-electron chi connectivity index (χ1n) is 9.09. The summed E-state index contributed by atoms with van der Waals surface area (Å²) in [7, 11) is -3.24. The molecule has 0 radical (unpaired) electrons. The van der Waals surface area contributed by atoms with Crippen molar-refractivity contribution in [2.75, 3.05) is 23.1 Å². The number of hydrogen-bond donors (Lipinski definition) is 1. The van der Waals surface area contributed by atoms with Crippen molar-refractivity contribution in [2.45, 2.75) is 25.7 Å². The molecule has 1 N–H and O–H groups in total. The normalized spacial score (nSPS) is 16.1. The molecule has 144 valence electrons. The van der Waals surface area contributed by atoms with E-state index in [2.05, 4.69) is 5.32 Å². The zero-order valence-corrected chi connectivity index (χ0v) is 16.6. The van der Waals surface area contributed by atoms with E-state index in [-0.39, 0.29) is 11.7 Å². The van der Waals surface area contributed by atoms with Gasteiger partial charge in [0.05, 0.1) is 11.4 Å². The van der Waals surface area contributed by atoms with E-state index in [1.165, 1.54) is 4.31 Å². The van der Waals surface area contributed by atoms with Gasteiger partial charge in [0, 0.05) is 23.7 Å². The first kappa shape index (κ1) is 19.7. The second-order valence-corrected chi connectivity index (χ2v) is 9.01. The van der Waals surface area contributed by atoms with Crippen LogP contribution in [0.1, 0.15) is 35.2 Å². The van der Waals surface area contributed by atoms with Gasteiger partial charge in [-0.25, -0.2) is 8.42 Å². The topological polar surface area (TPSA) is 66.5 Å². The van der Waals surface area contributed by atoms with Gasteiger partial charge >= 0.3 is 0 Å². The van der Waals surface area contributed by atoms with Crippen molar-refractivity contribution in [2.24, 2.45) is 0 Å². The molecule has 3 rings (SSSR count). The van der Waals surface area contributed by atoms with Crippen LogP contribution in [0.5, 0.6) is 0 Å². The Labute approximate surface area is 165 Å². The van der Waals surface area contributed by atoms with E-state index in [1.807, 2.05) is 24.3 Å². The summed E-state index contributed by atoms with van der Waals surface area (Å²) >= 11 is 6.13. The molecule has 0 unspecified atom stereocenters. The molecule has 1 aliphatic heterocycles. The minimum Gasteiger partial charge on any atom is -0.352 e. The number of nitrogens with zero attached hydrogens (tertiary/aromatic N) is 1. The number of halogens is 1. The van der Waals surface area contributed by atoms with E-state index in [9.17, 15) is 13.2 Å². The standard InChI is InChI=1S/C20H23ClN2O3S/c21-19-8-2-1-6-16(19)7-5-13-22-20(24)17-9-11-18(12-10-17)23-14-3-4-15-27(23,25)26/h1-2,6,8-12H,3-5,7,13-15H2,(H,22,24). The lowest BCUT2D eigenvalue weighted by molar-refractivity contribution is 0.0953. The van der Waals surface area contributed by atoms with Crippen LogP contribution in [0.25, 0.3) is 0 Å². The third-order valence-electron chi connectivity index (χ3n) is 4.63. The predicted octanol–water partition coefficient (Wildman–Crippen LogP) is 3.63. The van der Waals surface area contributed by atoms with E-state index in [4.69, 9.17) is 11.6 Å². The van der Waals surface area contributed by atoms with Crippen molar-refractivity contribution in [3.63, 3.8) is 0 Å². The van der Waals surface area contributed by atoms with Crippen molar-refractivity contribution in [1.82, 2.24) is 5.32 Å². The Morgan fingerprint density at radius 2 is 1.81 bits per heavy atom. The molecule has 0 spiro atoms. The molecule has 1 heterocycles. The molecule has 1 fully saturated rings. The Morgan fingerprint density at radius 3 is 2.52 bits per heavy atom. The van der Waals surface area contributed by atoms with E-state index in [0.29, 0.717) is 30.8 Å². The Hall–Kier alpha value is -2.05. The molecule has 0 saturated carbocycles. The van der Waals surface area contributed by atoms with Crippen LogP contribution in [0.3, 0.4) is 0 Å². The largest absolute Gasteiger partial charge is 0.352 e. The summed E-state index contributed by atoms with van der Waals surface area (Å²) in [4.78, 5) is 12.3. The maximum Gasteiger partial charge on any atom is 0.251 e. The Kier molecular flexibility index (Phi) is 6.39. The molecule has 1 amide bonds. The van der Waals surface area contributed by atoms with Gasteiger partial charge in [-0.3, -0.25) is 9.10 Å². The van der Waals surface area contributed by atoms with Crippen LogP contribution in [0, 0.1) is 0 Å². The highest BCUT2D eigenvalue weighted by molar-refractivity contribution is 7.92. The van der Waals surface area contributed by atoms with E-state index in [0.717, 1.165) is 29.8 Å². The molecule has 0 atom stereocenters. The van der Waals surface area contributed by atoms with Crippen LogP contribution in [-0.2, 0) is 16.4 Å². The summed E-state index contributed by atoms with van der Waals surface area (Å²) in [5, 5.41) is 3.63. The smallest absolute Gasteiger partial charge is 0.251 e. The van der Waals surface area contributed by atoms with Gasteiger partial charge < -0.3 is 5.32 Å². The minimum atomic E-state index is -3.24. The van der Waals surface area contributed by atoms with Gasteiger partial charge in [0.25, 0.3) is 5.91 Å². The van der Waals surface area contributed by atoms with Crippen LogP contribution in [-0.4, -0.2) is 33.2 Å². The van der Waals surface area contributed by atoms with Crippen LogP contribution < -0.4 is 9.62 Å². The summed E-state index contributed by atoms with van der Waals surface area (Å²) < 4.78 is 25.7. The van der Waals surface area contributed by atoms with Gasteiger partial charge in [-0.15, -0.1) is 0 Å². The first-order valence-corrected chi connectivity index (χ1v) is 11.1. The average molecular weight is 407 g/mol. The third-order valence-corrected chi connectivity index (χ3v) is 6.87. The van der Waals surface area contributed by atoms with Gasteiger partial charge in [-0.2, -0.15) is 0 Å². The van der Waals surface area contributed by atoms with Crippen LogP contribution in [0.2, 0.25) is 5.02 Å². The molecule has 0 aromatic heterocycles. The molecule has 2 aromatic rings. The second kappa shape index (κ2) is 8.76. The SMILES string of the molecule is O=C(NCCCc1ccccc1Cl)c1ccc(N2CCCCS2(=O)=O)cc1. The van der Waals surface area contributed by atoms with Gasteiger partial charge in [0.15, 0.2) is 0 Å². The Balaban J connectivity index is 1.52. The quantitative estimate of drug-likeness (QED) is 0.745. The van der Waals surface area contributed by atoms with Crippen LogP contribution >= 0.6 is 11.6 Å². The number of sulfonamides is 1. The number of carbonyl (C=O) groups excluding carboxylic acids is 1. The van der Waals surface area contributed by atoms with Gasteiger partial charge in [-0.05, 0) is 61.6 Å². The predicted molar refractivity (Wildman–Crippen MR) is 109 cm³/mol. The molecule has 0 bridgehead atoms. The summed E-state index contributed by atoms with van der Waals surface area (Å²) in [6, 6.07) is 14.4. The number of benzene rings is 2. The lowest BCUT2D eigenvalue weighted by Gasteiger charge is -2.28. The van der Waals surface area contributed by atoms with Crippen molar-refractivity contribution >= 4 is 33.2 Å². The number of carbonyl (C=O) groups is 1.